The zero-order valence-corrected chi connectivity index (χ0v) is 14.5. The first-order valence-electron chi connectivity index (χ1n) is 9.23. The normalized spacial score (nSPS) is 23.3. The average molecular weight is 334 g/mol. The van der Waals surface area contributed by atoms with E-state index in [2.05, 4.69) is 21.9 Å². The highest BCUT2D eigenvalue weighted by Crippen LogP contribution is 2.21. The summed E-state index contributed by atoms with van der Waals surface area (Å²) in [5.74, 6) is 0.882. The van der Waals surface area contributed by atoms with Gasteiger partial charge in [0.25, 0.3) is 0 Å². The van der Waals surface area contributed by atoms with Gasteiger partial charge in [-0.2, -0.15) is 0 Å². The van der Waals surface area contributed by atoms with Gasteiger partial charge in [0.1, 0.15) is 12.4 Å². The first kappa shape index (κ1) is 17.7. The van der Waals surface area contributed by atoms with Crippen molar-refractivity contribution >= 4 is 0 Å². The molecule has 2 fully saturated rings. The van der Waals surface area contributed by atoms with E-state index < -0.39 is 0 Å². The summed E-state index contributed by atoms with van der Waals surface area (Å²) in [4.78, 5) is 5.02. The van der Waals surface area contributed by atoms with Crippen molar-refractivity contribution in [2.45, 2.75) is 31.9 Å². The van der Waals surface area contributed by atoms with Gasteiger partial charge in [-0.1, -0.05) is 18.2 Å². The van der Waals surface area contributed by atoms with E-state index in [0.717, 1.165) is 45.0 Å². The van der Waals surface area contributed by atoms with E-state index >= 15 is 0 Å². The molecule has 1 atom stereocenters. The van der Waals surface area contributed by atoms with Crippen molar-refractivity contribution in [2.75, 3.05) is 52.5 Å². The van der Waals surface area contributed by atoms with Gasteiger partial charge in [0.15, 0.2) is 0 Å². The van der Waals surface area contributed by atoms with Gasteiger partial charge in [-0.15, -0.1) is 0 Å². The molecule has 0 spiro atoms. The summed E-state index contributed by atoms with van der Waals surface area (Å²) in [5, 5.41) is 8.99. The van der Waals surface area contributed by atoms with Crippen LogP contribution in [0.4, 0.5) is 0 Å². The lowest BCUT2D eigenvalue weighted by Gasteiger charge is -2.27. The minimum Gasteiger partial charge on any atom is -0.491 e. The Hall–Kier alpha value is -1.14. The van der Waals surface area contributed by atoms with Crippen LogP contribution in [0.1, 0.15) is 24.8 Å². The summed E-state index contributed by atoms with van der Waals surface area (Å²) in [6.07, 6.45) is 4.03. The van der Waals surface area contributed by atoms with Crippen LogP contribution in [0, 0.1) is 0 Å². The number of hydrogen-bond donors (Lipinski definition) is 1. The molecule has 0 unspecified atom stereocenters. The summed E-state index contributed by atoms with van der Waals surface area (Å²) >= 11 is 0. The molecule has 0 aromatic heterocycles. The molecule has 134 valence electrons. The average Bonchev–Trinajstić information content (AvgIpc) is 3.01. The fourth-order valence-electron chi connectivity index (χ4n) is 3.65. The third kappa shape index (κ3) is 5.18. The molecule has 24 heavy (non-hydrogen) atoms. The number of aliphatic hydroxyl groups excluding tert-OH is 1. The summed E-state index contributed by atoms with van der Waals surface area (Å²) in [7, 11) is 0. The molecule has 0 amide bonds. The van der Waals surface area contributed by atoms with Crippen LogP contribution in [0.25, 0.3) is 0 Å². The highest BCUT2D eigenvalue weighted by molar-refractivity contribution is 5.33. The third-order valence-electron chi connectivity index (χ3n) is 4.81. The van der Waals surface area contributed by atoms with Crippen LogP contribution in [0.3, 0.4) is 0 Å². The van der Waals surface area contributed by atoms with E-state index in [1.54, 1.807) is 0 Å². The van der Waals surface area contributed by atoms with Crippen molar-refractivity contribution in [2.24, 2.45) is 0 Å². The van der Waals surface area contributed by atoms with Crippen LogP contribution in [0.5, 0.6) is 5.75 Å². The molecular weight excluding hydrogens is 304 g/mol. The van der Waals surface area contributed by atoms with Gasteiger partial charge in [-0.05, 0) is 38.4 Å². The Morgan fingerprint density at radius 1 is 1.08 bits per heavy atom. The smallest absolute Gasteiger partial charge is 0.123 e. The predicted molar refractivity (Wildman–Crippen MR) is 94.3 cm³/mol. The first-order chi connectivity index (χ1) is 11.8. The van der Waals surface area contributed by atoms with E-state index in [1.807, 2.05) is 12.1 Å². The molecule has 0 radical (unpaired) electrons. The second-order valence-electron chi connectivity index (χ2n) is 6.77. The van der Waals surface area contributed by atoms with E-state index in [1.165, 1.54) is 31.5 Å². The Kier molecular flexibility index (Phi) is 6.90. The maximum absolute atomic E-state index is 8.99. The lowest BCUT2D eigenvalue weighted by atomic mass is 10.1. The van der Waals surface area contributed by atoms with E-state index in [4.69, 9.17) is 14.6 Å². The molecule has 2 heterocycles. The quantitative estimate of drug-likeness (QED) is 0.823. The summed E-state index contributed by atoms with van der Waals surface area (Å²) in [6, 6.07) is 8.14. The fraction of sp³-hybridized carbons (Fsp3) is 0.684. The van der Waals surface area contributed by atoms with Crippen LogP contribution in [0.2, 0.25) is 0 Å². The lowest BCUT2D eigenvalue weighted by Crippen LogP contribution is -2.39. The molecule has 3 rings (SSSR count). The summed E-state index contributed by atoms with van der Waals surface area (Å²) in [5.41, 5.74) is 1.19. The van der Waals surface area contributed by atoms with Crippen molar-refractivity contribution in [1.29, 1.82) is 0 Å². The lowest BCUT2D eigenvalue weighted by molar-refractivity contribution is 0.0307. The minimum absolute atomic E-state index is 0.0454. The van der Waals surface area contributed by atoms with Crippen LogP contribution in [-0.2, 0) is 11.3 Å². The van der Waals surface area contributed by atoms with Gasteiger partial charge < -0.3 is 19.5 Å². The van der Waals surface area contributed by atoms with Crippen LogP contribution in [-0.4, -0.2) is 73.6 Å². The number of ether oxygens (including phenoxy) is 2. The maximum atomic E-state index is 8.99. The molecule has 1 N–H and O–H groups in total. The standard InChI is InChI=1S/C19H30N2O3/c22-11-13-24-19-7-2-1-6-17(19)14-21-10-5-12-23-18(16-21)15-20-8-3-4-9-20/h1-2,6-7,18,22H,3-5,8-16H2/t18-/m1/s1. The molecule has 1 aromatic carbocycles. The molecule has 2 saturated heterocycles. The van der Waals surface area contributed by atoms with Crippen LogP contribution < -0.4 is 4.74 Å². The Labute approximate surface area is 145 Å². The summed E-state index contributed by atoms with van der Waals surface area (Å²) < 4.78 is 11.8. The monoisotopic (exact) mass is 334 g/mol. The number of benzene rings is 1. The Morgan fingerprint density at radius 2 is 1.88 bits per heavy atom. The number of rotatable bonds is 7. The minimum atomic E-state index is 0.0454. The fourth-order valence-corrected chi connectivity index (χ4v) is 3.65. The largest absolute Gasteiger partial charge is 0.491 e. The van der Waals surface area contributed by atoms with Crippen LogP contribution >= 0.6 is 0 Å². The van der Waals surface area contributed by atoms with Gasteiger partial charge in [0.2, 0.25) is 0 Å². The zero-order chi connectivity index (χ0) is 16.6. The van der Waals surface area contributed by atoms with Gasteiger partial charge in [-0.25, -0.2) is 0 Å². The zero-order valence-electron chi connectivity index (χ0n) is 14.5. The highest BCUT2D eigenvalue weighted by atomic mass is 16.5. The van der Waals surface area contributed by atoms with E-state index in [0.29, 0.717) is 12.7 Å². The topological polar surface area (TPSA) is 45.2 Å². The number of nitrogens with zero attached hydrogens (tertiary/aromatic N) is 2. The van der Waals surface area contributed by atoms with Crippen LogP contribution in [0.15, 0.2) is 24.3 Å². The van der Waals surface area contributed by atoms with Crippen molar-refractivity contribution in [3.63, 3.8) is 0 Å². The maximum Gasteiger partial charge on any atom is 0.123 e. The molecule has 2 aliphatic heterocycles. The summed E-state index contributed by atoms with van der Waals surface area (Å²) in [6.45, 7) is 7.66. The Bertz CT molecular complexity index is 491. The van der Waals surface area contributed by atoms with Crippen molar-refractivity contribution in [1.82, 2.24) is 9.80 Å². The SMILES string of the molecule is OCCOc1ccccc1CN1CCCO[C@H](CN2CCCC2)C1. The number of hydrogen-bond acceptors (Lipinski definition) is 5. The molecule has 5 nitrogen and oxygen atoms in total. The van der Waals surface area contributed by atoms with E-state index in [-0.39, 0.29) is 6.61 Å². The second-order valence-corrected chi connectivity index (χ2v) is 6.77. The molecular formula is C19H30N2O3. The van der Waals surface area contributed by atoms with Crippen molar-refractivity contribution in [3.8, 4) is 5.75 Å². The number of aliphatic hydroxyl groups is 1. The molecule has 0 bridgehead atoms. The predicted octanol–water partition coefficient (Wildman–Crippen LogP) is 1.74. The van der Waals surface area contributed by atoms with Gasteiger partial charge in [0.05, 0.1) is 12.7 Å². The highest BCUT2D eigenvalue weighted by Gasteiger charge is 2.23. The van der Waals surface area contributed by atoms with Crippen molar-refractivity contribution < 1.29 is 14.6 Å². The Balaban J connectivity index is 1.58. The second kappa shape index (κ2) is 9.37. The molecule has 1 aromatic rings. The number of para-hydroxylation sites is 1. The molecule has 5 heteroatoms. The van der Waals surface area contributed by atoms with Gasteiger partial charge in [0, 0.05) is 38.3 Å². The van der Waals surface area contributed by atoms with Gasteiger partial charge in [-0.3, -0.25) is 4.90 Å². The van der Waals surface area contributed by atoms with E-state index in [9.17, 15) is 0 Å². The molecule has 2 aliphatic rings. The molecule has 0 saturated carbocycles. The number of likely N-dealkylation sites (tertiary alicyclic amines) is 1. The van der Waals surface area contributed by atoms with Gasteiger partial charge >= 0.3 is 0 Å². The molecule has 0 aliphatic carbocycles. The third-order valence-corrected chi connectivity index (χ3v) is 4.81. The Morgan fingerprint density at radius 3 is 2.71 bits per heavy atom. The first-order valence-corrected chi connectivity index (χ1v) is 9.23. The van der Waals surface area contributed by atoms with Crippen molar-refractivity contribution in [3.05, 3.63) is 29.8 Å².